The van der Waals surface area contributed by atoms with E-state index in [9.17, 15) is 0 Å². The third kappa shape index (κ3) is 4.53. The lowest BCUT2D eigenvalue weighted by molar-refractivity contribution is 0.296. The van der Waals surface area contributed by atoms with Crippen LogP contribution in [0, 0.1) is 6.92 Å². The van der Waals surface area contributed by atoms with Gasteiger partial charge >= 0.3 is 0 Å². The SMILES string of the molecule is Cc1ncsc1CNc1ccc(SCCCO)cc1. The molecule has 0 aliphatic carbocycles. The summed E-state index contributed by atoms with van der Waals surface area (Å²) < 4.78 is 0. The van der Waals surface area contributed by atoms with Crippen LogP contribution < -0.4 is 5.32 Å². The van der Waals surface area contributed by atoms with Gasteiger partial charge in [0.1, 0.15) is 0 Å². The topological polar surface area (TPSA) is 45.2 Å². The fourth-order valence-corrected chi connectivity index (χ4v) is 3.16. The van der Waals surface area contributed by atoms with E-state index in [1.807, 2.05) is 12.4 Å². The van der Waals surface area contributed by atoms with Crippen molar-refractivity contribution in [2.24, 2.45) is 0 Å². The minimum Gasteiger partial charge on any atom is -0.396 e. The highest BCUT2D eigenvalue weighted by Crippen LogP contribution is 2.21. The van der Waals surface area contributed by atoms with Crippen molar-refractivity contribution in [3.8, 4) is 0 Å². The fraction of sp³-hybridized carbons (Fsp3) is 0.357. The molecule has 0 atom stereocenters. The average Bonchev–Trinajstić information content (AvgIpc) is 2.84. The zero-order valence-electron chi connectivity index (χ0n) is 10.9. The largest absolute Gasteiger partial charge is 0.396 e. The molecule has 0 aliphatic rings. The zero-order chi connectivity index (χ0) is 13.5. The predicted octanol–water partition coefficient (Wildman–Crippen LogP) is 3.54. The number of rotatable bonds is 7. The second-order valence-corrected chi connectivity index (χ2v) is 6.27. The molecular weight excluding hydrogens is 276 g/mol. The van der Waals surface area contributed by atoms with Gasteiger partial charge in [-0.3, -0.25) is 0 Å². The lowest BCUT2D eigenvalue weighted by atomic mass is 10.3. The molecule has 1 aromatic carbocycles. The molecule has 2 rings (SSSR count). The minimum absolute atomic E-state index is 0.265. The summed E-state index contributed by atoms with van der Waals surface area (Å²) in [7, 11) is 0. The molecule has 1 aromatic heterocycles. The summed E-state index contributed by atoms with van der Waals surface area (Å²) in [5.74, 6) is 0.962. The van der Waals surface area contributed by atoms with Gasteiger partial charge in [-0.1, -0.05) is 0 Å². The Bertz CT molecular complexity index is 496. The maximum atomic E-state index is 8.74. The van der Waals surface area contributed by atoms with Crippen molar-refractivity contribution in [2.45, 2.75) is 24.8 Å². The van der Waals surface area contributed by atoms with Crippen molar-refractivity contribution in [3.63, 3.8) is 0 Å². The highest BCUT2D eigenvalue weighted by Gasteiger charge is 2.01. The van der Waals surface area contributed by atoms with Gasteiger partial charge in [0.15, 0.2) is 0 Å². The number of hydrogen-bond donors (Lipinski definition) is 2. The summed E-state index contributed by atoms with van der Waals surface area (Å²) in [5.41, 5.74) is 4.11. The van der Waals surface area contributed by atoms with Crippen molar-refractivity contribution >= 4 is 28.8 Å². The summed E-state index contributed by atoms with van der Waals surface area (Å²) >= 11 is 3.46. The fourth-order valence-electron chi connectivity index (χ4n) is 1.60. The Morgan fingerprint density at radius 2 is 2.11 bits per heavy atom. The molecule has 102 valence electrons. The van der Waals surface area contributed by atoms with Gasteiger partial charge in [-0.15, -0.1) is 23.1 Å². The van der Waals surface area contributed by atoms with Crippen LogP contribution in [-0.2, 0) is 6.54 Å². The molecular formula is C14H18N2OS2. The Hall–Kier alpha value is -1.04. The van der Waals surface area contributed by atoms with Crippen LogP contribution in [0.1, 0.15) is 17.0 Å². The van der Waals surface area contributed by atoms with Crippen LogP contribution in [0.3, 0.4) is 0 Å². The molecule has 5 heteroatoms. The Morgan fingerprint density at radius 3 is 2.74 bits per heavy atom. The number of aromatic nitrogens is 1. The molecule has 2 N–H and O–H groups in total. The monoisotopic (exact) mass is 294 g/mol. The first kappa shape index (κ1) is 14.4. The summed E-state index contributed by atoms with van der Waals surface area (Å²) in [4.78, 5) is 6.76. The second-order valence-electron chi connectivity index (χ2n) is 4.16. The smallest absolute Gasteiger partial charge is 0.0798 e. The molecule has 0 bridgehead atoms. The van der Waals surface area contributed by atoms with Gasteiger partial charge in [0, 0.05) is 27.8 Å². The molecule has 0 fully saturated rings. The van der Waals surface area contributed by atoms with E-state index in [0.717, 1.165) is 30.1 Å². The van der Waals surface area contributed by atoms with Gasteiger partial charge < -0.3 is 10.4 Å². The van der Waals surface area contributed by atoms with E-state index in [0.29, 0.717) is 0 Å². The number of benzene rings is 1. The summed E-state index contributed by atoms with van der Waals surface area (Å²) in [6.07, 6.45) is 0.843. The van der Waals surface area contributed by atoms with Gasteiger partial charge in [-0.05, 0) is 37.6 Å². The highest BCUT2D eigenvalue weighted by atomic mass is 32.2. The van der Waals surface area contributed by atoms with E-state index in [4.69, 9.17) is 5.11 Å². The van der Waals surface area contributed by atoms with E-state index in [1.54, 1.807) is 23.1 Å². The van der Waals surface area contributed by atoms with Gasteiger partial charge in [-0.25, -0.2) is 4.98 Å². The molecule has 1 heterocycles. The summed E-state index contributed by atoms with van der Waals surface area (Å²) in [6, 6.07) is 8.42. The lowest BCUT2D eigenvalue weighted by Gasteiger charge is -2.06. The Kier molecular flexibility index (Phi) is 5.69. The van der Waals surface area contributed by atoms with Crippen LogP contribution in [-0.4, -0.2) is 22.5 Å². The molecule has 3 nitrogen and oxygen atoms in total. The number of hydrogen-bond acceptors (Lipinski definition) is 5. The third-order valence-corrected chi connectivity index (χ3v) is 4.76. The minimum atomic E-state index is 0.265. The molecule has 19 heavy (non-hydrogen) atoms. The van der Waals surface area contributed by atoms with Gasteiger partial charge in [0.05, 0.1) is 17.7 Å². The second kappa shape index (κ2) is 7.53. The number of nitrogens with one attached hydrogen (secondary N) is 1. The maximum Gasteiger partial charge on any atom is 0.0798 e. The van der Waals surface area contributed by atoms with Crippen LogP contribution in [0.15, 0.2) is 34.7 Å². The maximum absolute atomic E-state index is 8.74. The molecule has 2 aromatic rings. The van der Waals surface area contributed by atoms with Crippen LogP contribution in [0.4, 0.5) is 5.69 Å². The number of aryl methyl sites for hydroxylation is 1. The average molecular weight is 294 g/mol. The standard InChI is InChI=1S/C14H18N2OS2/c1-11-14(19-10-16-11)9-15-12-3-5-13(6-4-12)18-8-2-7-17/h3-6,10,15,17H,2,7-9H2,1H3. The normalized spacial score (nSPS) is 10.6. The van der Waals surface area contributed by atoms with Gasteiger partial charge in [0.25, 0.3) is 0 Å². The lowest BCUT2D eigenvalue weighted by Crippen LogP contribution is -1.98. The number of aliphatic hydroxyl groups excluding tert-OH is 1. The number of nitrogens with zero attached hydrogens (tertiary/aromatic N) is 1. The Labute approximate surface area is 122 Å². The molecule has 0 saturated heterocycles. The van der Waals surface area contributed by atoms with Crippen molar-refractivity contribution in [1.29, 1.82) is 0 Å². The van der Waals surface area contributed by atoms with E-state index < -0.39 is 0 Å². The quantitative estimate of drug-likeness (QED) is 0.605. The number of thioether (sulfide) groups is 1. The van der Waals surface area contributed by atoms with Crippen molar-refractivity contribution < 1.29 is 5.11 Å². The number of anilines is 1. The van der Waals surface area contributed by atoms with Crippen LogP contribution in [0.2, 0.25) is 0 Å². The van der Waals surface area contributed by atoms with E-state index >= 15 is 0 Å². The highest BCUT2D eigenvalue weighted by molar-refractivity contribution is 7.99. The molecule has 0 amide bonds. The Balaban J connectivity index is 1.83. The summed E-state index contributed by atoms with van der Waals surface area (Å²) in [6.45, 7) is 3.13. The van der Waals surface area contributed by atoms with E-state index in [1.165, 1.54) is 9.77 Å². The first-order valence-corrected chi connectivity index (χ1v) is 8.12. The molecule has 0 radical (unpaired) electrons. The molecule has 0 aliphatic heterocycles. The third-order valence-electron chi connectivity index (χ3n) is 2.72. The zero-order valence-corrected chi connectivity index (χ0v) is 12.6. The molecule has 0 spiro atoms. The number of thiazole rings is 1. The molecule has 0 unspecified atom stereocenters. The summed E-state index contributed by atoms with van der Waals surface area (Å²) in [5, 5.41) is 12.1. The van der Waals surface area contributed by atoms with Crippen molar-refractivity contribution in [3.05, 3.63) is 40.3 Å². The first-order valence-electron chi connectivity index (χ1n) is 6.26. The van der Waals surface area contributed by atoms with E-state index in [2.05, 4.69) is 34.6 Å². The van der Waals surface area contributed by atoms with Crippen molar-refractivity contribution in [1.82, 2.24) is 4.98 Å². The van der Waals surface area contributed by atoms with Crippen molar-refractivity contribution in [2.75, 3.05) is 17.7 Å². The Morgan fingerprint density at radius 1 is 1.32 bits per heavy atom. The van der Waals surface area contributed by atoms with Gasteiger partial charge in [-0.2, -0.15) is 0 Å². The number of aliphatic hydroxyl groups is 1. The van der Waals surface area contributed by atoms with E-state index in [-0.39, 0.29) is 6.61 Å². The van der Waals surface area contributed by atoms with Gasteiger partial charge in [0.2, 0.25) is 0 Å². The molecule has 0 saturated carbocycles. The van der Waals surface area contributed by atoms with Crippen LogP contribution >= 0.6 is 23.1 Å². The first-order chi connectivity index (χ1) is 9.29. The predicted molar refractivity (Wildman–Crippen MR) is 83.0 cm³/mol. The van der Waals surface area contributed by atoms with Crippen LogP contribution in [0.5, 0.6) is 0 Å². The van der Waals surface area contributed by atoms with Crippen LogP contribution in [0.25, 0.3) is 0 Å².